The Balaban J connectivity index is 4.18. The fourth-order valence-electron chi connectivity index (χ4n) is 0.276. The van der Waals surface area contributed by atoms with Gasteiger partial charge in [-0.3, -0.25) is 0 Å². The third-order valence-corrected chi connectivity index (χ3v) is 0.974. The van der Waals surface area contributed by atoms with E-state index in [1.165, 1.54) is 6.92 Å². The van der Waals surface area contributed by atoms with Gasteiger partial charge in [-0.2, -0.15) is 0 Å². The summed E-state index contributed by atoms with van der Waals surface area (Å²) in [6.07, 6.45) is 0.856. The van der Waals surface area contributed by atoms with Crippen molar-refractivity contribution in [2.24, 2.45) is 10.3 Å². The monoisotopic (exact) mass is 141 g/mol. The molecule has 0 fully saturated rings. The molecule has 6 heteroatoms. The highest BCUT2D eigenvalue weighted by Gasteiger charge is 2.20. The molecule has 6 nitrogen and oxygen atoms in total. The number of rotatable bonds is 4. The SMILES string of the molecule is CC(C=N)(CN=[N+]=[N-])N=O. The highest BCUT2D eigenvalue weighted by atomic mass is 16.3. The van der Waals surface area contributed by atoms with E-state index in [9.17, 15) is 4.91 Å². The average molecular weight is 141 g/mol. The Morgan fingerprint density at radius 2 is 2.50 bits per heavy atom. The molecule has 0 spiro atoms. The zero-order valence-electron chi connectivity index (χ0n) is 5.48. The third-order valence-electron chi connectivity index (χ3n) is 0.974. The first kappa shape index (κ1) is 8.58. The third kappa shape index (κ3) is 2.23. The first-order valence-corrected chi connectivity index (χ1v) is 2.55. The van der Waals surface area contributed by atoms with Gasteiger partial charge in [0, 0.05) is 11.1 Å². The second-order valence-electron chi connectivity index (χ2n) is 1.98. The van der Waals surface area contributed by atoms with Crippen molar-refractivity contribution in [3.05, 3.63) is 15.3 Å². The van der Waals surface area contributed by atoms with Gasteiger partial charge in [-0.05, 0) is 12.5 Å². The number of azide groups is 1. The number of hydrogen-bond donors (Lipinski definition) is 1. The van der Waals surface area contributed by atoms with Gasteiger partial charge in [0.05, 0.1) is 6.54 Å². The lowest BCUT2D eigenvalue weighted by Gasteiger charge is -2.09. The Bertz CT molecular complexity index is 174. The normalized spacial score (nSPS) is 14.5. The average Bonchev–Trinajstić information content (AvgIpc) is 2.00. The van der Waals surface area contributed by atoms with Crippen LogP contribution in [0.2, 0.25) is 0 Å². The van der Waals surface area contributed by atoms with Crippen molar-refractivity contribution in [1.29, 1.82) is 5.41 Å². The van der Waals surface area contributed by atoms with Crippen LogP contribution in [0.1, 0.15) is 6.92 Å². The van der Waals surface area contributed by atoms with E-state index < -0.39 is 5.54 Å². The summed E-state index contributed by atoms with van der Waals surface area (Å²) >= 11 is 0. The number of hydrogen-bond acceptors (Lipinski definition) is 4. The number of nitrogens with zero attached hydrogens (tertiary/aromatic N) is 4. The van der Waals surface area contributed by atoms with Crippen LogP contribution in [0.25, 0.3) is 10.4 Å². The van der Waals surface area contributed by atoms with E-state index in [1.54, 1.807) is 0 Å². The molecule has 1 atom stereocenters. The van der Waals surface area contributed by atoms with Gasteiger partial charge in [0.25, 0.3) is 0 Å². The molecule has 0 rings (SSSR count). The van der Waals surface area contributed by atoms with Gasteiger partial charge in [-0.25, -0.2) is 0 Å². The highest BCUT2D eigenvalue weighted by Crippen LogP contribution is 2.05. The molecule has 0 amide bonds. The molecule has 0 aliphatic heterocycles. The van der Waals surface area contributed by atoms with Crippen LogP contribution < -0.4 is 0 Å². The summed E-state index contributed by atoms with van der Waals surface area (Å²) in [5.41, 5.74) is 6.69. The van der Waals surface area contributed by atoms with Gasteiger partial charge < -0.3 is 5.41 Å². The molecule has 0 radical (unpaired) electrons. The second-order valence-corrected chi connectivity index (χ2v) is 1.98. The minimum absolute atomic E-state index is 0.101. The van der Waals surface area contributed by atoms with Gasteiger partial charge in [0.1, 0.15) is 5.54 Å². The molecule has 10 heavy (non-hydrogen) atoms. The van der Waals surface area contributed by atoms with E-state index in [4.69, 9.17) is 10.9 Å². The van der Waals surface area contributed by atoms with Crippen molar-refractivity contribution >= 4 is 6.21 Å². The second kappa shape index (κ2) is 3.58. The van der Waals surface area contributed by atoms with E-state index in [-0.39, 0.29) is 6.54 Å². The molecule has 0 aromatic heterocycles. The summed E-state index contributed by atoms with van der Waals surface area (Å²) in [6, 6.07) is 0. The summed E-state index contributed by atoms with van der Waals surface area (Å²) in [4.78, 5) is 12.4. The van der Waals surface area contributed by atoms with E-state index in [1.807, 2.05) is 0 Å². The Kier molecular flexibility index (Phi) is 3.07. The van der Waals surface area contributed by atoms with Crippen LogP contribution in [0, 0.1) is 10.3 Å². The predicted molar refractivity (Wildman–Crippen MR) is 37.0 cm³/mol. The fraction of sp³-hybridized carbons (Fsp3) is 0.750. The van der Waals surface area contributed by atoms with Crippen LogP contribution in [0.5, 0.6) is 0 Å². The van der Waals surface area contributed by atoms with Crippen LogP contribution >= 0.6 is 0 Å². The Hall–Kier alpha value is -1.42. The maximum absolute atomic E-state index is 9.98. The van der Waals surface area contributed by atoms with Crippen LogP contribution in [0.4, 0.5) is 0 Å². The fourth-order valence-corrected chi connectivity index (χ4v) is 0.276. The van der Waals surface area contributed by atoms with Crippen molar-refractivity contribution in [2.75, 3.05) is 6.54 Å². The van der Waals surface area contributed by atoms with Crippen molar-refractivity contribution in [2.45, 2.75) is 12.5 Å². The Morgan fingerprint density at radius 3 is 2.80 bits per heavy atom. The van der Waals surface area contributed by atoms with Crippen LogP contribution in [-0.2, 0) is 0 Å². The minimum Gasteiger partial charge on any atom is -0.310 e. The molecule has 0 aliphatic rings. The molecule has 0 aromatic rings. The van der Waals surface area contributed by atoms with Crippen LogP contribution in [0.15, 0.2) is 10.3 Å². The van der Waals surface area contributed by atoms with E-state index >= 15 is 0 Å². The molecule has 0 heterocycles. The summed E-state index contributed by atoms with van der Waals surface area (Å²) in [5.74, 6) is 0. The molecule has 1 N–H and O–H groups in total. The lowest BCUT2D eigenvalue weighted by Crippen LogP contribution is -2.26. The standard InChI is InChI=1S/C4H7N5O/c1-4(2-5,8-10)3-7-9-6/h2,5H,3H2,1H3. The maximum atomic E-state index is 9.98. The van der Waals surface area contributed by atoms with Crippen LogP contribution in [-0.4, -0.2) is 18.3 Å². The van der Waals surface area contributed by atoms with E-state index in [2.05, 4.69) is 15.2 Å². The summed E-state index contributed by atoms with van der Waals surface area (Å²) in [5, 5.41) is 12.5. The number of nitrogens with one attached hydrogen (secondary N) is 1. The zero-order valence-corrected chi connectivity index (χ0v) is 5.48. The quantitative estimate of drug-likeness (QED) is 0.207. The highest BCUT2D eigenvalue weighted by molar-refractivity contribution is 5.66. The summed E-state index contributed by atoms with van der Waals surface area (Å²) < 4.78 is 0. The molecule has 0 bridgehead atoms. The van der Waals surface area contributed by atoms with Gasteiger partial charge >= 0.3 is 0 Å². The first-order valence-electron chi connectivity index (χ1n) is 2.55. The van der Waals surface area contributed by atoms with Crippen LogP contribution in [0.3, 0.4) is 0 Å². The Labute approximate surface area is 57.3 Å². The van der Waals surface area contributed by atoms with Gasteiger partial charge in [0.2, 0.25) is 0 Å². The Morgan fingerprint density at radius 1 is 1.90 bits per heavy atom. The molecule has 0 saturated heterocycles. The van der Waals surface area contributed by atoms with Crippen molar-refractivity contribution < 1.29 is 0 Å². The molecule has 54 valence electrons. The number of nitroso groups, excluding NO2 is 1. The first-order chi connectivity index (χ1) is 4.68. The van der Waals surface area contributed by atoms with Gasteiger partial charge in [0.15, 0.2) is 0 Å². The topological polar surface area (TPSA) is 102 Å². The minimum atomic E-state index is -1.17. The molecule has 0 saturated carbocycles. The van der Waals surface area contributed by atoms with Crippen molar-refractivity contribution in [1.82, 2.24) is 0 Å². The predicted octanol–water partition coefficient (Wildman–Crippen LogP) is 1.47. The largest absolute Gasteiger partial charge is 0.310 e. The van der Waals surface area contributed by atoms with E-state index in [0.29, 0.717) is 0 Å². The molecular weight excluding hydrogens is 134 g/mol. The zero-order chi connectivity index (χ0) is 8.04. The summed E-state index contributed by atoms with van der Waals surface area (Å²) in [7, 11) is 0. The van der Waals surface area contributed by atoms with Crippen molar-refractivity contribution in [3.8, 4) is 0 Å². The van der Waals surface area contributed by atoms with Gasteiger partial charge in [-0.15, -0.1) is 4.91 Å². The molecule has 0 aliphatic carbocycles. The van der Waals surface area contributed by atoms with Crippen molar-refractivity contribution in [3.63, 3.8) is 0 Å². The molecule has 1 unspecified atom stereocenters. The molecule has 0 aromatic carbocycles. The lowest BCUT2D eigenvalue weighted by molar-refractivity contribution is 0.642. The lowest BCUT2D eigenvalue weighted by atomic mass is 10.1. The maximum Gasteiger partial charge on any atom is 0.140 e. The van der Waals surface area contributed by atoms with E-state index in [0.717, 1.165) is 6.21 Å². The van der Waals surface area contributed by atoms with Gasteiger partial charge in [-0.1, -0.05) is 10.3 Å². The molecular formula is C4H7N5O. The summed E-state index contributed by atoms with van der Waals surface area (Å²) in [6.45, 7) is 1.32. The smallest absolute Gasteiger partial charge is 0.140 e.